The van der Waals surface area contributed by atoms with Crippen molar-refractivity contribution in [3.63, 3.8) is 0 Å². The third-order valence-electron chi connectivity index (χ3n) is 3.90. The first-order valence-electron chi connectivity index (χ1n) is 8.63. The van der Waals surface area contributed by atoms with Crippen molar-refractivity contribution in [1.82, 2.24) is 0 Å². The van der Waals surface area contributed by atoms with Gasteiger partial charge in [-0.25, -0.2) is 13.2 Å². The summed E-state index contributed by atoms with van der Waals surface area (Å²) in [6, 6.07) is 10.9. The Kier molecular flexibility index (Phi) is 7.22. The summed E-state index contributed by atoms with van der Waals surface area (Å²) in [4.78, 5) is 24.7. The number of benzene rings is 2. The maximum Gasteiger partial charge on any atom is 0.338 e. The smallest absolute Gasteiger partial charge is 0.338 e. The van der Waals surface area contributed by atoms with Crippen molar-refractivity contribution in [2.45, 2.75) is 18.8 Å². The number of methoxy groups -OCH3 is 2. The van der Waals surface area contributed by atoms with Gasteiger partial charge in [0.1, 0.15) is 0 Å². The van der Waals surface area contributed by atoms with Crippen molar-refractivity contribution in [2.24, 2.45) is 0 Å². The van der Waals surface area contributed by atoms with E-state index in [2.05, 4.69) is 5.32 Å². The molecular weight excluding hydrogens is 398 g/mol. The zero-order valence-corrected chi connectivity index (χ0v) is 17.4. The second-order valence-corrected chi connectivity index (χ2v) is 8.52. The molecule has 156 valence electrons. The number of nitrogens with one attached hydrogen (secondary N) is 1. The van der Waals surface area contributed by atoms with Crippen LogP contribution >= 0.6 is 0 Å². The first-order chi connectivity index (χ1) is 13.6. The molecule has 2 rings (SSSR count). The second kappa shape index (κ2) is 9.42. The number of ether oxygens (including phenoxy) is 3. The highest BCUT2D eigenvalue weighted by Crippen LogP contribution is 2.29. The molecule has 0 aliphatic carbocycles. The molecule has 1 N–H and O–H groups in total. The molecule has 0 spiro atoms. The largest absolute Gasteiger partial charge is 0.493 e. The highest BCUT2D eigenvalue weighted by molar-refractivity contribution is 7.89. The molecule has 0 aliphatic rings. The van der Waals surface area contributed by atoms with Gasteiger partial charge in [0.15, 0.2) is 27.4 Å². The van der Waals surface area contributed by atoms with Crippen LogP contribution in [0.2, 0.25) is 0 Å². The standard InChI is InChI=1S/C20H23NO7S/c1-13(19(22)21-16-8-9-17(26-2)18(11-16)27-3)28-20(23)15-7-5-6-14(10-15)12-29(4,24)25/h5-11,13H,12H2,1-4H3,(H,21,22)/t13-/m1/s1. The lowest BCUT2D eigenvalue weighted by molar-refractivity contribution is -0.123. The molecule has 29 heavy (non-hydrogen) atoms. The zero-order chi connectivity index (χ0) is 21.6. The minimum atomic E-state index is -3.24. The van der Waals surface area contributed by atoms with E-state index in [1.165, 1.54) is 33.3 Å². The molecule has 1 atom stereocenters. The normalized spacial score (nSPS) is 12.0. The van der Waals surface area contributed by atoms with Crippen LogP contribution in [-0.4, -0.2) is 46.9 Å². The summed E-state index contributed by atoms with van der Waals surface area (Å²) in [7, 11) is -0.257. The first-order valence-corrected chi connectivity index (χ1v) is 10.7. The van der Waals surface area contributed by atoms with Crippen molar-refractivity contribution in [1.29, 1.82) is 0 Å². The Hall–Kier alpha value is -3.07. The maximum absolute atomic E-state index is 12.3. The summed E-state index contributed by atoms with van der Waals surface area (Å²) >= 11 is 0. The van der Waals surface area contributed by atoms with Crippen LogP contribution < -0.4 is 14.8 Å². The van der Waals surface area contributed by atoms with Crippen LogP contribution in [0.1, 0.15) is 22.8 Å². The second-order valence-electron chi connectivity index (χ2n) is 6.38. The zero-order valence-electron chi connectivity index (χ0n) is 16.6. The van der Waals surface area contributed by atoms with Crippen LogP contribution in [-0.2, 0) is 25.1 Å². The lowest BCUT2D eigenvalue weighted by atomic mass is 10.1. The Morgan fingerprint density at radius 3 is 2.34 bits per heavy atom. The van der Waals surface area contributed by atoms with Gasteiger partial charge in [-0.15, -0.1) is 0 Å². The number of hydrogen-bond donors (Lipinski definition) is 1. The molecule has 0 fully saturated rings. The van der Waals surface area contributed by atoms with E-state index in [4.69, 9.17) is 14.2 Å². The molecule has 0 heterocycles. The van der Waals surface area contributed by atoms with E-state index in [0.29, 0.717) is 22.7 Å². The molecule has 0 aliphatic heterocycles. The molecule has 1 amide bonds. The van der Waals surface area contributed by atoms with E-state index in [0.717, 1.165) is 6.26 Å². The molecule has 2 aromatic rings. The van der Waals surface area contributed by atoms with Gasteiger partial charge in [-0.1, -0.05) is 12.1 Å². The van der Waals surface area contributed by atoms with Gasteiger partial charge in [-0.2, -0.15) is 0 Å². The Morgan fingerprint density at radius 1 is 1.03 bits per heavy atom. The molecule has 8 nitrogen and oxygen atoms in total. The van der Waals surface area contributed by atoms with Crippen LogP contribution in [0, 0.1) is 0 Å². The van der Waals surface area contributed by atoms with Crippen molar-refractivity contribution in [3.05, 3.63) is 53.6 Å². The van der Waals surface area contributed by atoms with Crippen LogP contribution in [0.25, 0.3) is 0 Å². The first kappa shape index (κ1) is 22.2. The molecule has 0 unspecified atom stereocenters. The third-order valence-corrected chi connectivity index (χ3v) is 4.75. The van der Waals surface area contributed by atoms with E-state index in [9.17, 15) is 18.0 Å². The van der Waals surface area contributed by atoms with Gasteiger partial charge in [0, 0.05) is 18.0 Å². The molecule has 9 heteroatoms. The minimum absolute atomic E-state index is 0.164. The average molecular weight is 421 g/mol. The number of amides is 1. The van der Waals surface area contributed by atoms with Crippen molar-refractivity contribution < 1.29 is 32.2 Å². The van der Waals surface area contributed by atoms with Crippen molar-refractivity contribution in [3.8, 4) is 11.5 Å². The number of rotatable bonds is 8. The van der Waals surface area contributed by atoms with Crippen molar-refractivity contribution >= 4 is 27.4 Å². The lowest BCUT2D eigenvalue weighted by Gasteiger charge is -2.15. The molecule has 0 aromatic heterocycles. The predicted octanol–water partition coefficient (Wildman–Crippen LogP) is 2.43. The van der Waals surface area contributed by atoms with Gasteiger partial charge in [0.25, 0.3) is 5.91 Å². The summed E-state index contributed by atoms with van der Waals surface area (Å²) in [6.07, 6.45) is 0.0348. The fourth-order valence-corrected chi connectivity index (χ4v) is 3.32. The Morgan fingerprint density at radius 2 is 1.72 bits per heavy atom. The van der Waals surface area contributed by atoms with E-state index in [1.54, 1.807) is 30.3 Å². The topological polar surface area (TPSA) is 108 Å². The van der Waals surface area contributed by atoms with Gasteiger partial charge in [0.2, 0.25) is 0 Å². The highest BCUT2D eigenvalue weighted by Gasteiger charge is 2.20. The van der Waals surface area contributed by atoms with Gasteiger partial charge in [-0.3, -0.25) is 4.79 Å². The lowest BCUT2D eigenvalue weighted by Crippen LogP contribution is -2.30. The summed E-state index contributed by atoms with van der Waals surface area (Å²) in [5.41, 5.74) is 1.08. The molecular formula is C20H23NO7S. The van der Waals surface area contributed by atoms with Crippen LogP contribution in [0.5, 0.6) is 11.5 Å². The number of sulfone groups is 1. The minimum Gasteiger partial charge on any atom is -0.493 e. The Bertz CT molecular complexity index is 1000. The van der Waals surface area contributed by atoms with Gasteiger partial charge < -0.3 is 19.5 Å². The highest BCUT2D eigenvalue weighted by atomic mass is 32.2. The maximum atomic E-state index is 12.3. The fraction of sp³-hybridized carbons (Fsp3) is 0.300. The monoisotopic (exact) mass is 421 g/mol. The van der Waals surface area contributed by atoms with E-state index < -0.39 is 27.8 Å². The molecule has 2 aromatic carbocycles. The molecule has 0 saturated carbocycles. The summed E-state index contributed by atoms with van der Waals surface area (Å²) in [5.74, 6) is -0.492. The van der Waals surface area contributed by atoms with Crippen LogP contribution in [0.3, 0.4) is 0 Å². The van der Waals surface area contributed by atoms with E-state index in [-0.39, 0.29) is 11.3 Å². The summed E-state index contributed by atoms with van der Waals surface area (Å²) in [6.45, 7) is 1.44. The SMILES string of the molecule is COc1ccc(NC(=O)[C@@H](C)OC(=O)c2cccc(CS(C)(=O)=O)c2)cc1OC. The Labute approximate surface area is 169 Å². The number of esters is 1. The van der Waals surface area contributed by atoms with Crippen molar-refractivity contribution in [2.75, 3.05) is 25.8 Å². The predicted molar refractivity (Wildman–Crippen MR) is 108 cm³/mol. The fourth-order valence-electron chi connectivity index (χ4n) is 2.53. The quantitative estimate of drug-likeness (QED) is 0.652. The number of carbonyl (C=O) groups excluding carboxylic acids is 2. The molecule has 0 saturated heterocycles. The van der Waals surface area contributed by atoms with Gasteiger partial charge in [0.05, 0.1) is 25.5 Å². The van der Waals surface area contributed by atoms with Gasteiger partial charge >= 0.3 is 5.97 Å². The van der Waals surface area contributed by atoms with E-state index >= 15 is 0 Å². The average Bonchev–Trinajstić information content (AvgIpc) is 2.66. The third kappa shape index (κ3) is 6.49. The Balaban J connectivity index is 2.04. The van der Waals surface area contributed by atoms with E-state index in [1.807, 2.05) is 0 Å². The summed E-state index contributed by atoms with van der Waals surface area (Å²) < 4.78 is 38.4. The van der Waals surface area contributed by atoms with Crippen LogP contribution in [0.4, 0.5) is 5.69 Å². The number of carbonyl (C=O) groups is 2. The number of hydrogen-bond acceptors (Lipinski definition) is 7. The van der Waals surface area contributed by atoms with Gasteiger partial charge in [-0.05, 0) is 36.8 Å². The molecule has 0 radical (unpaired) electrons. The number of anilines is 1. The molecule has 0 bridgehead atoms. The van der Waals surface area contributed by atoms with Crippen LogP contribution in [0.15, 0.2) is 42.5 Å². The summed E-state index contributed by atoms with van der Waals surface area (Å²) in [5, 5.41) is 2.64.